The number of primary amides is 1. The van der Waals surface area contributed by atoms with Gasteiger partial charge in [-0.1, -0.05) is 30.3 Å². The van der Waals surface area contributed by atoms with Crippen LogP contribution in [-0.2, 0) is 11.2 Å². The summed E-state index contributed by atoms with van der Waals surface area (Å²) in [5.74, 6) is -0.335. The molecule has 0 bridgehead atoms. The number of hydrogen-bond donors (Lipinski definition) is 3. The number of benzene rings is 2. The van der Waals surface area contributed by atoms with Crippen LogP contribution in [0.1, 0.15) is 46.4 Å². The van der Waals surface area contributed by atoms with Gasteiger partial charge in [-0.05, 0) is 56.4 Å². The molecule has 1 fully saturated rings. The summed E-state index contributed by atoms with van der Waals surface area (Å²) in [4.78, 5) is 30.1. The van der Waals surface area contributed by atoms with Gasteiger partial charge in [0.1, 0.15) is 0 Å². The van der Waals surface area contributed by atoms with Crippen LogP contribution in [-0.4, -0.2) is 35.9 Å². The van der Waals surface area contributed by atoms with Gasteiger partial charge in [0.05, 0.1) is 11.1 Å². The highest BCUT2D eigenvalue weighted by Crippen LogP contribution is 2.35. The van der Waals surface area contributed by atoms with E-state index < -0.39 is 5.91 Å². The average Bonchev–Trinajstić information content (AvgIpc) is 3.07. The molecule has 2 amide bonds. The third-order valence-corrected chi connectivity index (χ3v) is 6.31. The molecule has 1 aliphatic heterocycles. The number of H-pyrrole nitrogens is 1. The third kappa shape index (κ3) is 4.43. The summed E-state index contributed by atoms with van der Waals surface area (Å²) < 4.78 is 0. The monoisotopic (exact) mass is 418 g/mol. The lowest BCUT2D eigenvalue weighted by Gasteiger charge is -2.35. The molecule has 6 heteroatoms. The first-order chi connectivity index (χ1) is 14.9. The topological polar surface area (TPSA) is 91.2 Å². The van der Waals surface area contributed by atoms with E-state index in [1.165, 1.54) is 5.56 Å². The number of hydrogen-bond acceptors (Lipinski definition) is 3. The van der Waals surface area contributed by atoms with E-state index in [9.17, 15) is 9.59 Å². The largest absolute Gasteiger partial charge is 0.369 e. The van der Waals surface area contributed by atoms with Gasteiger partial charge in [-0.25, -0.2) is 0 Å². The number of nitrogens with zero attached hydrogens (tertiary/aromatic N) is 1. The maximum atomic E-state index is 12.5. The SMILES string of the molecule is Cc1[nH]c2c(C(N)=O)ccc(N3CCC[C@H](NC(=O)CCc4ccccc4)C3)c2c1C. The molecule has 31 heavy (non-hydrogen) atoms. The Morgan fingerprint density at radius 3 is 2.68 bits per heavy atom. The lowest BCUT2D eigenvalue weighted by atomic mass is 10.0. The summed E-state index contributed by atoms with van der Waals surface area (Å²) in [6.07, 6.45) is 3.22. The molecule has 6 nitrogen and oxygen atoms in total. The minimum absolute atomic E-state index is 0.0959. The first-order valence-electron chi connectivity index (χ1n) is 10.9. The molecule has 4 N–H and O–H groups in total. The number of fused-ring (bicyclic) bond motifs is 1. The van der Waals surface area contributed by atoms with Gasteiger partial charge < -0.3 is 20.9 Å². The molecule has 0 saturated carbocycles. The Morgan fingerprint density at radius 1 is 1.16 bits per heavy atom. The first kappa shape index (κ1) is 21.0. The fraction of sp³-hybridized carbons (Fsp3) is 0.360. The average molecular weight is 419 g/mol. The van der Waals surface area contributed by atoms with Gasteiger partial charge in [0.15, 0.2) is 0 Å². The fourth-order valence-electron chi connectivity index (χ4n) is 4.55. The van der Waals surface area contributed by atoms with Gasteiger partial charge in [0.2, 0.25) is 5.91 Å². The second-order valence-electron chi connectivity index (χ2n) is 8.46. The molecular weight excluding hydrogens is 388 g/mol. The molecule has 162 valence electrons. The van der Waals surface area contributed by atoms with Crippen molar-refractivity contribution in [2.45, 2.75) is 45.6 Å². The van der Waals surface area contributed by atoms with Gasteiger partial charge >= 0.3 is 0 Å². The zero-order chi connectivity index (χ0) is 22.0. The number of carbonyl (C=O) groups is 2. The van der Waals surface area contributed by atoms with E-state index in [-0.39, 0.29) is 11.9 Å². The Bertz CT molecular complexity index is 1100. The summed E-state index contributed by atoms with van der Waals surface area (Å²) in [7, 11) is 0. The number of aryl methyl sites for hydroxylation is 3. The van der Waals surface area contributed by atoms with Gasteiger partial charge in [-0.2, -0.15) is 0 Å². The van der Waals surface area contributed by atoms with Gasteiger partial charge in [0.25, 0.3) is 5.91 Å². The molecule has 0 unspecified atom stereocenters. The molecule has 3 aromatic rings. The van der Waals surface area contributed by atoms with Crippen molar-refractivity contribution < 1.29 is 9.59 Å². The molecule has 1 aromatic heterocycles. The summed E-state index contributed by atoms with van der Waals surface area (Å²) in [5.41, 5.74) is 11.3. The van der Waals surface area contributed by atoms with Crippen LogP contribution in [0.3, 0.4) is 0 Å². The van der Waals surface area contributed by atoms with Crippen LogP contribution >= 0.6 is 0 Å². The lowest BCUT2D eigenvalue weighted by Crippen LogP contribution is -2.48. The number of piperidine rings is 1. The Hall–Kier alpha value is -3.28. The third-order valence-electron chi connectivity index (χ3n) is 6.31. The number of anilines is 1. The van der Waals surface area contributed by atoms with E-state index in [1.807, 2.05) is 31.2 Å². The van der Waals surface area contributed by atoms with Crippen molar-refractivity contribution in [1.29, 1.82) is 0 Å². The second-order valence-corrected chi connectivity index (χ2v) is 8.46. The molecule has 1 saturated heterocycles. The summed E-state index contributed by atoms with van der Waals surface area (Å²) in [6, 6.07) is 14.0. The first-order valence-corrected chi connectivity index (χ1v) is 10.9. The number of carbonyl (C=O) groups excluding carboxylic acids is 2. The van der Waals surface area contributed by atoms with Crippen molar-refractivity contribution in [2.75, 3.05) is 18.0 Å². The minimum Gasteiger partial charge on any atom is -0.369 e. The molecule has 0 aliphatic carbocycles. The summed E-state index contributed by atoms with van der Waals surface area (Å²) >= 11 is 0. The quantitative estimate of drug-likeness (QED) is 0.571. The van der Waals surface area contributed by atoms with E-state index >= 15 is 0 Å². The molecule has 1 atom stereocenters. The number of rotatable bonds is 6. The lowest BCUT2D eigenvalue weighted by molar-refractivity contribution is -0.121. The van der Waals surface area contributed by atoms with Crippen LogP contribution in [0.25, 0.3) is 10.9 Å². The Morgan fingerprint density at radius 2 is 1.94 bits per heavy atom. The van der Waals surface area contributed by atoms with Crippen molar-refractivity contribution in [3.63, 3.8) is 0 Å². The van der Waals surface area contributed by atoms with E-state index in [0.717, 1.165) is 60.2 Å². The Labute approximate surface area is 182 Å². The highest BCUT2D eigenvalue weighted by Gasteiger charge is 2.25. The van der Waals surface area contributed by atoms with Crippen LogP contribution in [0.4, 0.5) is 5.69 Å². The number of amides is 2. The van der Waals surface area contributed by atoms with E-state index in [0.29, 0.717) is 12.0 Å². The molecule has 2 aromatic carbocycles. The zero-order valence-corrected chi connectivity index (χ0v) is 18.2. The maximum Gasteiger partial charge on any atom is 0.250 e. The van der Waals surface area contributed by atoms with E-state index in [2.05, 4.69) is 34.3 Å². The second kappa shape index (κ2) is 8.84. The molecule has 0 spiro atoms. The molecule has 0 radical (unpaired) electrons. The number of aromatic amines is 1. The van der Waals surface area contributed by atoms with Crippen molar-refractivity contribution in [1.82, 2.24) is 10.3 Å². The standard InChI is InChI=1S/C25H30N4O2/c1-16-17(2)27-24-20(25(26)31)11-12-21(23(16)24)29-14-6-9-19(15-29)28-22(30)13-10-18-7-4-3-5-8-18/h3-5,7-8,11-12,19,27H,6,9-10,13-15H2,1-2H3,(H2,26,31)(H,28,30)/t19-/m0/s1. The normalized spacial score (nSPS) is 16.5. The van der Waals surface area contributed by atoms with Crippen molar-refractivity contribution in [2.24, 2.45) is 5.73 Å². The number of aromatic nitrogens is 1. The van der Waals surface area contributed by atoms with E-state index in [4.69, 9.17) is 5.73 Å². The van der Waals surface area contributed by atoms with Gasteiger partial charge in [-0.3, -0.25) is 9.59 Å². The van der Waals surface area contributed by atoms with Crippen LogP contribution in [0.5, 0.6) is 0 Å². The van der Waals surface area contributed by atoms with Crippen molar-refractivity contribution >= 4 is 28.4 Å². The predicted molar refractivity (Wildman–Crippen MR) is 124 cm³/mol. The van der Waals surface area contributed by atoms with Crippen LogP contribution < -0.4 is 16.0 Å². The summed E-state index contributed by atoms with van der Waals surface area (Å²) in [5, 5.41) is 4.27. The predicted octanol–water partition coefficient (Wildman–Crippen LogP) is 3.60. The highest BCUT2D eigenvalue weighted by molar-refractivity contribution is 6.10. The number of nitrogens with two attached hydrogens (primary N) is 1. The van der Waals surface area contributed by atoms with Gasteiger partial charge in [0, 0.05) is 42.3 Å². The highest BCUT2D eigenvalue weighted by atomic mass is 16.2. The van der Waals surface area contributed by atoms with E-state index in [1.54, 1.807) is 6.07 Å². The number of nitrogens with one attached hydrogen (secondary N) is 2. The van der Waals surface area contributed by atoms with Crippen LogP contribution in [0.2, 0.25) is 0 Å². The molecule has 2 heterocycles. The van der Waals surface area contributed by atoms with Crippen LogP contribution in [0.15, 0.2) is 42.5 Å². The van der Waals surface area contributed by atoms with Crippen LogP contribution in [0, 0.1) is 13.8 Å². The minimum atomic E-state index is -0.431. The van der Waals surface area contributed by atoms with Gasteiger partial charge in [-0.15, -0.1) is 0 Å². The molecular formula is C25H30N4O2. The maximum absolute atomic E-state index is 12.5. The van der Waals surface area contributed by atoms with Crippen molar-refractivity contribution in [3.05, 3.63) is 64.8 Å². The summed E-state index contributed by atoms with van der Waals surface area (Å²) in [6.45, 7) is 5.75. The van der Waals surface area contributed by atoms with Crippen molar-refractivity contribution in [3.8, 4) is 0 Å². The Kier molecular flexibility index (Phi) is 5.98. The Balaban J connectivity index is 1.48. The molecule has 4 rings (SSSR count). The molecule has 1 aliphatic rings. The smallest absolute Gasteiger partial charge is 0.250 e. The zero-order valence-electron chi connectivity index (χ0n) is 18.2. The fourth-order valence-corrected chi connectivity index (χ4v) is 4.55.